The Bertz CT molecular complexity index is 452. The van der Waals surface area contributed by atoms with Gasteiger partial charge in [-0.1, -0.05) is 12.1 Å². The molecule has 1 saturated heterocycles. The van der Waals surface area contributed by atoms with Crippen LogP contribution in [0.1, 0.15) is 31.7 Å². The topological polar surface area (TPSA) is 61.6 Å². The van der Waals surface area contributed by atoms with E-state index in [1.807, 2.05) is 17.9 Å². The number of hydrogen-bond acceptors (Lipinski definition) is 5. The van der Waals surface area contributed by atoms with E-state index in [2.05, 4.69) is 29.2 Å². The van der Waals surface area contributed by atoms with Gasteiger partial charge in [-0.15, -0.1) is 0 Å². The predicted molar refractivity (Wildman–Crippen MR) is 80.9 cm³/mol. The van der Waals surface area contributed by atoms with E-state index in [0.717, 1.165) is 50.7 Å². The smallest absolute Gasteiger partial charge is 0.224 e. The molecule has 6 nitrogen and oxygen atoms in total. The number of rotatable bonds is 6. The van der Waals surface area contributed by atoms with Gasteiger partial charge in [0.2, 0.25) is 5.91 Å². The van der Waals surface area contributed by atoms with E-state index in [0.29, 0.717) is 6.42 Å². The number of carbonyl (C=O) groups is 1. The fourth-order valence-corrected chi connectivity index (χ4v) is 2.68. The Morgan fingerprint density at radius 3 is 2.71 bits per heavy atom. The first kappa shape index (κ1) is 16.0. The third-order valence-corrected chi connectivity index (χ3v) is 3.81. The van der Waals surface area contributed by atoms with Gasteiger partial charge in [0.15, 0.2) is 5.76 Å². The number of aromatic nitrogens is 1. The van der Waals surface area contributed by atoms with E-state index in [4.69, 9.17) is 4.52 Å². The van der Waals surface area contributed by atoms with Crippen molar-refractivity contribution in [1.29, 1.82) is 0 Å². The number of nitrogens with one attached hydrogen (secondary N) is 1. The lowest BCUT2D eigenvalue weighted by molar-refractivity contribution is -0.133. The number of nitrogens with zero attached hydrogens (tertiary/aromatic N) is 3. The standard InChI is InChI=1S/C15H26N4O2/c1-4-16-12(2)10-15(20)19-7-5-18(6-8-19)11-14-9-13(3)17-21-14/h9,12,16H,4-8,10-11H2,1-3H3. The van der Waals surface area contributed by atoms with Crippen LogP contribution in [0.4, 0.5) is 0 Å². The maximum Gasteiger partial charge on any atom is 0.224 e. The van der Waals surface area contributed by atoms with Gasteiger partial charge in [-0.3, -0.25) is 9.69 Å². The van der Waals surface area contributed by atoms with Crippen molar-refractivity contribution in [1.82, 2.24) is 20.3 Å². The monoisotopic (exact) mass is 294 g/mol. The van der Waals surface area contributed by atoms with Crippen molar-refractivity contribution in [3.63, 3.8) is 0 Å². The van der Waals surface area contributed by atoms with Gasteiger partial charge < -0.3 is 14.7 Å². The Morgan fingerprint density at radius 1 is 1.43 bits per heavy atom. The van der Waals surface area contributed by atoms with Crippen LogP contribution in [-0.4, -0.2) is 59.6 Å². The van der Waals surface area contributed by atoms with E-state index in [-0.39, 0.29) is 11.9 Å². The molecule has 0 aromatic carbocycles. The Morgan fingerprint density at radius 2 is 2.14 bits per heavy atom. The van der Waals surface area contributed by atoms with Crippen molar-refractivity contribution < 1.29 is 9.32 Å². The predicted octanol–water partition coefficient (Wildman–Crippen LogP) is 1.02. The summed E-state index contributed by atoms with van der Waals surface area (Å²) in [5.41, 5.74) is 0.913. The van der Waals surface area contributed by atoms with Gasteiger partial charge in [-0.25, -0.2) is 0 Å². The van der Waals surface area contributed by atoms with Crippen LogP contribution in [0.15, 0.2) is 10.6 Å². The molecule has 2 heterocycles. The lowest BCUT2D eigenvalue weighted by Gasteiger charge is -2.34. The molecule has 0 bridgehead atoms. The summed E-state index contributed by atoms with van der Waals surface area (Å²) in [5.74, 6) is 1.15. The van der Waals surface area contributed by atoms with Crippen molar-refractivity contribution >= 4 is 5.91 Å². The highest BCUT2D eigenvalue weighted by molar-refractivity contribution is 5.76. The summed E-state index contributed by atoms with van der Waals surface area (Å²) in [7, 11) is 0. The minimum atomic E-state index is 0.248. The molecule has 2 rings (SSSR count). The van der Waals surface area contributed by atoms with Crippen LogP contribution in [0.25, 0.3) is 0 Å². The minimum Gasteiger partial charge on any atom is -0.360 e. The van der Waals surface area contributed by atoms with E-state index < -0.39 is 0 Å². The second-order valence-electron chi connectivity index (χ2n) is 5.75. The molecule has 1 fully saturated rings. The van der Waals surface area contributed by atoms with Gasteiger partial charge in [-0.2, -0.15) is 0 Å². The molecule has 0 aliphatic carbocycles. The first-order valence-corrected chi connectivity index (χ1v) is 7.74. The fourth-order valence-electron chi connectivity index (χ4n) is 2.68. The lowest BCUT2D eigenvalue weighted by Crippen LogP contribution is -2.49. The maximum atomic E-state index is 12.2. The summed E-state index contributed by atoms with van der Waals surface area (Å²) in [5, 5.41) is 7.18. The van der Waals surface area contributed by atoms with Gasteiger partial charge in [0, 0.05) is 44.7 Å². The Hall–Kier alpha value is -1.40. The van der Waals surface area contributed by atoms with Crippen LogP contribution in [-0.2, 0) is 11.3 Å². The number of aryl methyl sites for hydroxylation is 1. The van der Waals surface area contributed by atoms with E-state index >= 15 is 0 Å². The minimum absolute atomic E-state index is 0.248. The molecule has 118 valence electrons. The van der Waals surface area contributed by atoms with Crippen LogP contribution in [0.3, 0.4) is 0 Å². The molecular formula is C15H26N4O2. The number of piperazine rings is 1. The molecule has 1 aromatic heterocycles. The second kappa shape index (κ2) is 7.56. The first-order valence-electron chi connectivity index (χ1n) is 7.74. The largest absolute Gasteiger partial charge is 0.360 e. The van der Waals surface area contributed by atoms with Crippen LogP contribution in [0.2, 0.25) is 0 Å². The van der Waals surface area contributed by atoms with Gasteiger partial charge in [0.25, 0.3) is 0 Å². The molecule has 1 atom stereocenters. The molecule has 1 aliphatic heterocycles. The Balaban J connectivity index is 1.73. The van der Waals surface area contributed by atoms with Crippen LogP contribution < -0.4 is 5.32 Å². The SMILES string of the molecule is CCNC(C)CC(=O)N1CCN(Cc2cc(C)no2)CC1. The third-order valence-electron chi connectivity index (χ3n) is 3.81. The molecule has 1 amide bonds. The zero-order chi connectivity index (χ0) is 15.2. The molecule has 0 spiro atoms. The maximum absolute atomic E-state index is 12.2. The fraction of sp³-hybridized carbons (Fsp3) is 0.733. The average molecular weight is 294 g/mol. The van der Waals surface area contributed by atoms with Crippen molar-refractivity contribution in [2.75, 3.05) is 32.7 Å². The number of amides is 1. The molecule has 0 radical (unpaired) electrons. The molecule has 0 saturated carbocycles. The van der Waals surface area contributed by atoms with Crippen LogP contribution >= 0.6 is 0 Å². The number of carbonyl (C=O) groups excluding carboxylic acids is 1. The highest BCUT2D eigenvalue weighted by Crippen LogP contribution is 2.10. The lowest BCUT2D eigenvalue weighted by atomic mass is 10.2. The van der Waals surface area contributed by atoms with Gasteiger partial charge in [0.05, 0.1) is 12.2 Å². The Kier molecular flexibility index (Phi) is 5.76. The summed E-state index contributed by atoms with van der Waals surface area (Å²) in [6, 6.07) is 2.22. The van der Waals surface area contributed by atoms with E-state index in [1.165, 1.54) is 0 Å². The van der Waals surface area contributed by atoms with Crippen LogP contribution in [0, 0.1) is 6.92 Å². The first-order chi connectivity index (χ1) is 10.1. The van der Waals surface area contributed by atoms with Gasteiger partial charge in [0.1, 0.15) is 0 Å². The molecule has 1 aromatic rings. The van der Waals surface area contributed by atoms with Crippen LogP contribution in [0.5, 0.6) is 0 Å². The molecule has 6 heteroatoms. The molecule has 1 aliphatic rings. The summed E-state index contributed by atoms with van der Waals surface area (Å²) in [6.07, 6.45) is 0.579. The highest BCUT2D eigenvalue weighted by Gasteiger charge is 2.22. The van der Waals surface area contributed by atoms with Gasteiger partial charge in [-0.05, 0) is 20.4 Å². The summed E-state index contributed by atoms with van der Waals surface area (Å²) in [6.45, 7) is 11.1. The second-order valence-corrected chi connectivity index (χ2v) is 5.75. The van der Waals surface area contributed by atoms with Crippen molar-refractivity contribution in [2.45, 2.75) is 39.8 Å². The van der Waals surface area contributed by atoms with Crippen molar-refractivity contribution in [2.24, 2.45) is 0 Å². The third kappa shape index (κ3) is 4.82. The zero-order valence-corrected chi connectivity index (χ0v) is 13.3. The molecular weight excluding hydrogens is 268 g/mol. The van der Waals surface area contributed by atoms with Crippen molar-refractivity contribution in [3.05, 3.63) is 17.5 Å². The summed E-state index contributed by atoms with van der Waals surface area (Å²) in [4.78, 5) is 16.5. The Labute approximate surface area is 126 Å². The number of hydrogen-bond donors (Lipinski definition) is 1. The van der Waals surface area contributed by atoms with E-state index in [1.54, 1.807) is 0 Å². The summed E-state index contributed by atoms with van der Waals surface area (Å²) < 4.78 is 5.24. The highest BCUT2D eigenvalue weighted by atomic mass is 16.5. The normalized spacial score (nSPS) is 18.0. The summed E-state index contributed by atoms with van der Waals surface area (Å²) >= 11 is 0. The molecule has 1 unspecified atom stereocenters. The van der Waals surface area contributed by atoms with Gasteiger partial charge >= 0.3 is 0 Å². The average Bonchev–Trinajstić information content (AvgIpc) is 2.85. The molecule has 1 N–H and O–H groups in total. The quantitative estimate of drug-likeness (QED) is 0.848. The zero-order valence-electron chi connectivity index (χ0n) is 13.3. The molecule has 21 heavy (non-hydrogen) atoms. The van der Waals surface area contributed by atoms with E-state index in [9.17, 15) is 4.79 Å². The van der Waals surface area contributed by atoms with Crippen molar-refractivity contribution in [3.8, 4) is 0 Å².